The van der Waals surface area contributed by atoms with E-state index in [0.717, 1.165) is 23.3 Å². The first-order valence-corrected chi connectivity index (χ1v) is 9.06. The Labute approximate surface area is 156 Å². The predicted molar refractivity (Wildman–Crippen MR) is 105 cm³/mol. The van der Waals surface area contributed by atoms with E-state index < -0.39 is 6.10 Å². The standard InChI is InChI=1S/C22H29NO3/c1-15(2)14-21(18-8-12-19(25-5)13-9-18)23-22(24)17(4)26-20-10-6-16(3)7-11-20/h6-13,15,17,21H,14H2,1-5H3,(H,23,24)/t17-,21+/m1/s1. The van der Waals surface area contributed by atoms with Crippen molar-refractivity contribution in [3.63, 3.8) is 0 Å². The summed E-state index contributed by atoms with van der Waals surface area (Å²) >= 11 is 0. The average Bonchev–Trinajstić information content (AvgIpc) is 2.62. The Morgan fingerprint density at radius 3 is 2.08 bits per heavy atom. The molecular formula is C22H29NO3. The van der Waals surface area contributed by atoms with E-state index in [0.29, 0.717) is 11.7 Å². The lowest BCUT2D eigenvalue weighted by molar-refractivity contribution is -0.128. The molecule has 26 heavy (non-hydrogen) atoms. The molecule has 140 valence electrons. The van der Waals surface area contributed by atoms with Gasteiger partial charge in [-0.3, -0.25) is 4.79 Å². The van der Waals surface area contributed by atoms with Gasteiger partial charge in [0.2, 0.25) is 0 Å². The van der Waals surface area contributed by atoms with Gasteiger partial charge >= 0.3 is 0 Å². The van der Waals surface area contributed by atoms with Crippen molar-refractivity contribution in [2.24, 2.45) is 5.92 Å². The number of hydrogen-bond donors (Lipinski definition) is 1. The zero-order valence-corrected chi connectivity index (χ0v) is 16.3. The van der Waals surface area contributed by atoms with Crippen LogP contribution in [-0.2, 0) is 4.79 Å². The zero-order chi connectivity index (χ0) is 19.1. The SMILES string of the molecule is COc1ccc([C@H](CC(C)C)NC(=O)[C@@H](C)Oc2ccc(C)cc2)cc1. The largest absolute Gasteiger partial charge is 0.497 e. The number of hydrogen-bond acceptors (Lipinski definition) is 3. The summed E-state index contributed by atoms with van der Waals surface area (Å²) in [6.45, 7) is 8.09. The van der Waals surface area contributed by atoms with Crippen molar-refractivity contribution in [2.45, 2.75) is 46.3 Å². The molecule has 2 aromatic carbocycles. The number of benzene rings is 2. The summed E-state index contributed by atoms with van der Waals surface area (Å²) in [4.78, 5) is 12.6. The van der Waals surface area contributed by atoms with Gasteiger partial charge in [-0.05, 0) is 56.0 Å². The molecule has 0 fully saturated rings. The summed E-state index contributed by atoms with van der Waals surface area (Å²) < 4.78 is 11.0. The van der Waals surface area contributed by atoms with E-state index in [1.165, 1.54) is 0 Å². The molecule has 4 nitrogen and oxygen atoms in total. The fourth-order valence-electron chi connectivity index (χ4n) is 2.75. The van der Waals surface area contributed by atoms with Gasteiger partial charge in [0, 0.05) is 0 Å². The fraction of sp³-hybridized carbons (Fsp3) is 0.409. The van der Waals surface area contributed by atoms with Crippen molar-refractivity contribution in [2.75, 3.05) is 7.11 Å². The van der Waals surface area contributed by atoms with Gasteiger partial charge in [-0.1, -0.05) is 43.7 Å². The highest BCUT2D eigenvalue weighted by molar-refractivity contribution is 5.81. The Morgan fingerprint density at radius 1 is 0.962 bits per heavy atom. The highest BCUT2D eigenvalue weighted by Gasteiger charge is 2.21. The van der Waals surface area contributed by atoms with Gasteiger partial charge in [-0.15, -0.1) is 0 Å². The van der Waals surface area contributed by atoms with Gasteiger partial charge < -0.3 is 14.8 Å². The third-order valence-electron chi connectivity index (χ3n) is 4.24. The molecule has 0 spiro atoms. The van der Waals surface area contributed by atoms with Crippen LogP contribution in [0.4, 0.5) is 0 Å². The number of amides is 1. The summed E-state index contributed by atoms with van der Waals surface area (Å²) in [5.41, 5.74) is 2.22. The summed E-state index contributed by atoms with van der Waals surface area (Å²) in [6.07, 6.45) is 0.292. The summed E-state index contributed by atoms with van der Waals surface area (Å²) in [5, 5.41) is 3.13. The quantitative estimate of drug-likeness (QED) is 0.748. The fourth-order valence-corrected chi connectivity index (χ4v) is 2.75. The lowest BCUT2D eigenvalue weighted by atomic mass is 9.96. The molecule has 2 rings (SSSR count). The highest BCUT2D eigenvalue weighted by Crippen LogP contribution is 2.24. The number of ether oxygens (including phenoxy) is 2. The van der Waals surface area contributed by atoms with E-state index in [9.17, 15) is 4.79 Å². The van der Waals surface area contributed by atoms with E-state index in [2.05, 4.69) is 19.2 Å². The molecule has 0 aromatic heterocycles. The summed E-state index contributed by atoms with van der Waals surface area (Å²) in [6, 6.07) is 15.5. The van der Waals surface area contributed by atoms with Crippen molar-refractivity contribution in [3.05, 3.63) is 59.7 Å². The first-order chi connectivity index (χ1) is 12.4. The average molecular weight is 355 g/mol. The Balaban J connectivity index is 2.05. The van der Waals surface area contributed by atoms with Crippen LogP contribution in [0.15, 0.2) is 48.5 Å². The van der Waals surface area contributed by atoms with E-state index in [-0.39, 0.29) is 11.9 Å². The smallest absolute Gasteiger partial charge is 0.261 e. The monoisotopic (exact) mass is 355 g/mol. The number of aryl methyl sites for hydroxylation is 1. The molecule has 4 heteroatoms. The number of rotatable bonds is 8. The van der Waals surface area contributed by atoms with Crippen molar-refractivity contribution >= 4 is 5.91 Å². The molecule has 2 atom stereocenters. The Hall–Kier alpha value is -2.49. The normalized spacial score (nSPS) is 13.2. The zero-order valence-electron chi connectivity index (χ0n) is 16.3. The maximum atomic E-state index is 12.6. The third kappa shape index (κ3) is 5.80. The lowest BCUT2D eigenvalue weighted by Crippen LogP contribution is -2.39. The first-order valence-electron chi connectivity index (χ1n) is 9.06. The minimum absolute atomic E-state index is 0.0579. The van der Waals surface area contributed by atoms with Crippen LogP contribution in [0.3, 0.4) is 0 Å². The van der Waals surface area contributed by atoms with Crippen LogP contribution in [0.25, 0.3) is 0 Å². The van der Waals surface area contributed by atoms with Gasteiger partial charge in [-0.2, -0.15) is 0 Å². The van der Waals surface area contributed by atoms with E-state index in [1.54, 1.807) is 14.0 Å². The number of carbonyl (C=O) groups is 1. The number of methoxy groups -OCH3 is 1. The minimum Gasteiger partial charge on any atom is -0.497 e. The Bertz CT molecular complexity index is 692. The minimum atomic E-state index is -0.564. The van der Waals surface area contributed by atoms with Crippen LogP contribution in [0.5, 0.6) is 11.5 Å². The molecule has 0 saturated heterocycles. The van der Waals surface area contributed by atoms with Crippen molar-refractivity contribution in [1.82, 2.24) is 5.32 Å². The van der Waals surface area contributed by atoms with Gasteiger partial charge in [-0.25, -0.2) is 0 Å². The predicted octanol–water partition coefficient (Wildman–Crippen LogP) is 4.67. The second-order valence-corrected chi connectivity index (χ2v) is 7.04. The Kier molecular flexibility index (Phi) is 7.07. The maximum absolute atomic E-state index is 12.6. The molecule has 0 unspecified atom stereocenters. The Morgan fingerprint density at radius 2 is 1.54 bits per heavy atom. The van der Waals surface area contributed by atoms with E-state index in [1.807, 2.05) is 55.5 Å². The van der Waals surface area contributed by atoms with Crippen LogP contribution in [0, 0.1) is 12.8 Å². The van der Waals surface area contributed by atoms with Crippen molar-refractivity contribution in [1.29, 1.82) is 0 Å². The van der Waals surface area contributed by atoms with Crippen LogP contribution in [-0.4, -0.2) is 19.1 Å². The van der Waals surface area contributed by atoms with E-state index in [4.69, 9.17) is 9.47 Å². The molecule has 0 heterocycles. The molecule has 0 bridgehead atoms. The number of carbonyl (C=O) groups excluding carboxylic acids is 1. The molecule has 1 N–H and O–H groups in total. The van der Waals surface area contributed by atoms with Crippen molar-refractivity contribution in [3.8, 4) is 11.5 Å². The third-order valence-corrected chi connectivity index (χ3v) is 4.24. The molecule has 0 aliphatic carbocycles. The van der Waals surface area contributed by atoms with Crippen LogP contribution in [0.1, 0.15) is 44.4 Å². The first kappa shape index (κ1) is 19.8. The van der Waals surface area contributed by atoms with Gasteiger partial charge in [0.25, 0.3) is 5.91 Å². The van der Waals surface area contributed by atoms with Gasteiger partial charge in [0.1, 0.15) is 11.5 Å². The van der Waals surface area contributed by atoms with Gasteiger partial charge in [0.15, 0.2) is 6.10 Å². The molecule has 0 aliphatic rings. The molecule has 1 amide bonds. The highest BCUT2D eigenvalue weighted by atomic mass is 16.5. The van der Waals surface area contributed by atoms with Crippen LogP contribution >= 0.6 is 0 Å². The van der Waals surface area contributed by atoms with E-state index >= 15 is 0 Å². The maximum Gasteiger partial charge on any atom is 0.261 e. The second-order valence-electron chi connectivity index (χ2n) is 7.04. The second kappa shape index (κ2) is 9.27. The molecule has 0 radical (unpaired) electrons. The summed E-state index contributed by atoms with van der Waals surface area (Å²) in [7, 11) is 1.65. The van der Waals surface area contributed by atoms with Crippen LogP contribution in [0.2, 0.25) is 0 Å². The van der Waals surface area contributed by atoms with Crippen molar-refractivity contribution < 1.29 is 14.3 Å². The van der Waals surface area contributed by atoms with Gasteiger partial charge in [0.05, 0.1) is 13.2 Å². The molecular weight excluding hydrogens is 326 g/mol. The molecule has 0 saturated carbocycles. The number of nitrogens with one attached hydrogen (secondary N) is 1. The lowest BCUT2D eigenvalue weighted by Gasteiger charge is -2.24. The topological polar surface area (TPSA) is 47.6 Å². The molecule has 2 aromatic rings. The molecule has 0 aliphatic heterocycles. The van der Waals surface area contributed by atoms with Crippen LogP contribution < -0.4 is 14.8 Å². The summed E-state index contributed by atoms with van der Waals surface area (Å²) in [5.74, 6) is 1.84.